The largest absolute Gasteiger partial charge is 0.347 e. The Morgan fingerprint density at radius 1 is 0.967 bits per heavy atom. The first-order valence-corrected chi connectivity index (χ1v) is 10.2. The minimum atomic E-state index is -0.383. The van der Waals surface area contributed by atoms with Gasteiger partial charge in [-0.05, 0) is 30.7 Å². The molecule has 2 unspecified atom stereocenters. The van der Waals surface area contributed by atoms with Gasteiger partial charge in [-0.2, -0.15) is 0 Å². The van der Waals surface area contributed by atoms with Crippen LogP contribution in [0.4, 0.5) is 10.1 Å². The summed E-state index contributed by atoms with van der Waals surface area (Å²) in [4.78, 5) is 31.4. The zero-order valence-electron chi connectivity index (χ0n) is 17.7. The second-order valence-corrected chi connectivity index (χ2v) is 7.79. The van der Waals surface area contributed by atoms with Crippen LogP contribution in [0.5, 0.6) is 0 Å². The molecule has 1 aliphatic heterocycles. The van der Waals surface area contributed by atoms with Crippen LogP contribution in [-0.2, 0) is 9.59 Å². The van der Waals surface area contributed by atoms with Crippen molar-refractivity contribution in [1.29, 1.82) is 0 Å². The van der Waals surface area contributed by atoms with Crippen LogP contribution in [0.15, 0.2) is 54.6 Å². The molecule has 0 radical (unpaired) electrons. The number of benzene rings is 2. The molecule has 1 saturated heterocycles. The quantitative estimate of drug-likeness (QED) is 0.793. The molecule has 7 heteroatoms. The fourth-order valence-electron chi connectivity index (χ4n) is 3.75. The average Bonchev–Trinajstić information content (AvgIpc) is 2.74. The van der Waals surface area contributed by atoms with Gasteiger partial charge in [0.1, 0.15) is 11.9 Å². The van der Waals surface area contributed by atoms with Crippen molar-refractivity contribution in [3.05, 3.63) is 66.0 Å². The van der Waals surface area contributed by atoms with Crippen molar-refractivity contribution in [2.45, 2.75) is 19.0 Å². The monoisotopic (exact) mass is 412 g/mol. The first-order valence-electron chi connectivity index (χ1n) is 10.2. The minimum Gasteiger partial charge on any atom is -0.347 e. The Kier molecular flexibility index (Phi) is 7.18. The van der Waals surface area contributed by atoms with E-state index in [2.05, 4.69) is 15.1 Å². The summed E-state index contributed by atoms with van der Waals surface area (Å²) in [5.74, 6) is -0.504. The van der Waals surface area contributed by atoms with Crippen molar-refractivity contribution < 1.29 is 14.0 Å². The van der Waals surface area contributed by atoms with Crippen LogP contribution in [-0.4, -0.2) is 72.8 Å². The van der Waals surface area contributed by atoms with Crippen molar-refractivity contribution in [1.82, 2.24) is 14.7 Å². The van der Waals surface area contributed by atoms with Crippen LogP contribution < -0.4 is 5.32 Å². The average molecular weight is 413 g/mol. The molecule has 2 aromatic carbocycles. The van der Waals surface area contributed by atoms with Crippen molar-refractivity contribution >= 4 is 17.5 Å². The van der Waals surface area contributed by atoms with Crippen molar-refractivity contribution in [3.63, 3.8) is 0 Å². The van der Waals surface area contributed by atoms with E-state index in [0.29, 0.717) is 31.9 Å². The van der Waals surface area contributed by atoms with E-state index in [0.717, 1.165) is 5.56 Å². The van der Waals surface area contributed by atoms with Gasteiger partial charge < -0.3 is 10.2 Å². The number of nitrogens with one attached hydrogen (secondary N) is 1. The summed E-state index contributed by atoms with van der Waals surface area (Å²) in [6.45, 7) is 4.54. The van der Waals surface area contributed by atoms with Gasteiger partial charge >= 0.3 is 0 Å². The smallest absolute Gasteiger partial charge is 0.244 e. The van der Waals surface area contributed by atoms with Crippen molar-refractivity contribution in [2.24, 2.45) is 0 Å². The molecule has 2 atom stereocenters. The molecule has 1 N–H and O–H groups in total. The molecule has 2 amide bonds. The molecule has 0 spiro atoms. The Morgan fingerprint density at radius 2 is 1.60 bits per heavy atom. The molecule has 6 nitrogen and oxygen atoms in total. The number of likely N-dealkylation sites (N-methyl/N-ethyl adjacent to an activating group) is 1. The maximum atomic E-state index is 13.4. The predicted octanol–water partition coefficient (Wildman–Crippen LogP) is 2.60. The number of halogens is 1. The van der Waals surface area contributed by atoms with Crippen LogP contribution in [0.2, 0.25) is 0 Å². The van der Waals surface area contributed by atoms with E-state index in [1.807, 2.05) is 37.3 Å². The SMILES string of the molecule is CC(C(=O)Nc1cccc(F)c1)N1CCN(C(C(=O)N(C)C)c2ccccc2)CC1. The summed E-state index contributed by atoms with van der Waals surface area (Å²) in [7, 11) is 3.54. The Hall–Kier alpha value is -2.77. The molecular formula is C23H29FN4O2. The van der Waals surface area contributed by atoms with Gasteiger partial charge in [0.2, 0.25) is 11.8 Å². The fraction of sp³-hybridized carbons (Fsp3) is 0.391. The van der Waals surface area contributed by atoms with E-state index in [4.69, 9.17) is 0 Å². The standard InChI is InChI=1S/C23H29FN4O2/c1-17(22(29)25-20-11-7-10-19(24)16-20)27-12-14-28(15-13-27)21(23(30)26(2)3)18-8-5-4-6-9-18/h4-11,16-17,21H,12-15H2,1-3H3,(H,25,29). The van der Waals surface area contributed by atoms with Gasteiger partial charge in [0.25, 0.3) is 0 Å². The third-order valence-corrected chi connectivity index (χ3v) is 5.52. The second kappa shape index (κ2) is 9.82. The molecule has 1 fully saturated rings. The molecule has 0 aromatic heterocycles. The van der Waals surface area contributed by atoms with E-state index in [9.17, 15) is 14.0 Å². The summed E-state index contributed by atoms with van der Waals surface area (Å²) in [5.41, 5.74) is 1.42. The van der Waals surface area contributed by atoms with Gasteiger partial charge in [-0.1, -0.05) is 36.4 Å². The van der Waals surface area contributed by atoms with E-state index >= 15 is 0 Å². The molecule has 0 saturated carbocycles. The minimum absolute atomic E-state index is 0.0477. The van der Waals surface area contributed by atoms with Crippen LogP contribution in [0.1, 0.15) is 18.5 Å². The summed E-state index contributed by atoms with van der Waals surface area (Å²) < 4.78 is 13.4. The van der Waals surface area contributed by atoms with E-state index in [-0.39, 0.29) is 29.7 Å². The lowest BCUT2D eigenvalue weighted by atomic mass is 10.0. The number of hydrogen-bond donors (Lipinski definition) is 1. The summed E-state index contributed by atoms with van der Waals surface area (Å²) in [5, 5.41) is 2.78. The van der Waals surface area contributed by atoms with Gasteiger partial charge in [-0.15, -0.1) is 0 Å². The lowest BCUT2D eigenvalue weighted by molar-refractivity contribution is -0.136. The van der Waals surface area contributed by atoms with Crippen LogP contribution in [0.25, 0.3) is 0 Å². The molecule has 0 aliphatic carbocycles. The molecule has 160 valence electrons. The highest BCUT2D eigenvalue weighted by atomic mass is 19.1. The third-order valence-electron chi connectivity index (χ3n) is 5.52. The fourth-order valence-corrected chi connectivity index (χ4v) is 3.75. The highest BCUT2D eigenvalue weighted by Crippen LogP contribution is 2.24. The number of nitrogens with zero attached hydrogens (tertiary/aromatic N) is 3. The summed E-state index contributed by atoms with van der Waals surface area (Å²) >= 11 is 0. The molecule has 1 aliphatic rings. The molecular weight excluding hydrogens is 383 g/mol. The highest BCUT2D eigenvalue weighted by Gasteiger charge is 2.33. The lowest BCUT2D eigenvalue weighted by Crippen LogP contribution is -2.55. The Balaban J connectivity index is 1.63. The maximum absolute atomic E-state index is 13.4. The predicted molar refractivity (Wildman–Crippen MR) is 116 cm³/mol. The maximum Gasteiger partial charge on any atom is 0.244 e. The number of carbonyl (C=O) groups is 2. The molecule has 3 rings (SSSR count). The summed E-state index contributed by atoms with van der Waals surface area (Å²) in [6.07, 6.45) is 0. The highest BCUT2D eigenvalue weighted by molar-refractivity contribution is 5.94. The zero-order chi connectivity index (χ0) is 21.7. The van der Waals surface area contributed by atoms with Crippen molar-refractivity contribution in [2.75, 3.05) is 45.6 Å². The van der Waals surface area contributed by atoms with Crippen LogP contribution in [0, 0.1) is 5.82 Å². The van der Waals surface area contributed by atoms with E-state index in [1.54, 1.807) is 31.1 Å². The number of hydrogen-bond acceptors (Lipinski definition) is 4. The number of anilines is 1. The second-order valence-electron chi connectivity index (χ2n) is 7.79. The number of piperazine rings is 1. The number of carbonyl (C=O) groups excluding carboxylic acids is 2. The molecule has 1 heterocycles. The Labute approximate surface area is 177 Å². The van der Waals surface area contributed by atoms with Crippen LogP contribution in [0.3, 0.4) is 0 Å². The Bertz CT molecular complexity index is 867. The van der Waals surface area contributed by atoms with Crippen LogP contribution >= 0.6 is 0 Å². The molecule has 0 bridgehead atoms. The van der Waals surface area contributed by atoms with E-state index < -0.39 is 0 Å². The topological polar surface area (TPSA) is 55.9 Å². The van der Waals surface area contributed by atoms with Crippen molar-refractivity contribution in [3.8, 4) is 0 Å². The first-order chi connectivity index (χ1) is 14.4. The number of amides is 2. The van der Waals surface area contributed by atoms with Gasteiger partial charge in [0.05, 0.1) is 6.04 Å². The zero-order valence-corrected chi connectivity index (χ0v) is 17.7. The number of rotatable bonds is 6. The Morgan fingerprint density at radius 3 is 2.20 bits per heavy atom. The van der Waals surface area contributed by atoms with E-state index in [1.165, 1.54) is 12.1 Å². The molecule has 30 heavy (non-hydrogen) atoms. The molecule has 2 aromatic rings. The van der Waals surface area contributed by atoms with Gasteiger partial charge in [-0.25, -0.2) is 4.39 Å². The third kappa shape index (κ3) is 5.23. The summed E-state index contributed by atoms with van der Waals surface area (Å²) in [6, 6.07) is 15.0. The normalized spacial score (nSPS) is 17.2. The van der Waals surface area contributed by atoms with Gasteiger partial charge in [0.15, 0.2) is 0 Å². The lowest BCUT2D eigenvalue weighted by Gasteiger charge is -2.41. The van der Waals surface area contributed by atoms with Gasteiger partial charge in [0, 0.05) is 46.0 Å². The first kappa shape index (κ1) is 21.9. The van der Waals surface area contributed by atoms with Gasteiger partial charge in [-0.3, -0.25) is 19.4 Å².